The molecule has 16 heavy (non-hydrogen) atoms. The first-order valence-corrected chi connectivity index (χ1v) is 6.14. The lowest BCUT2D eigenvalue weighted by Gasteiger charge is -2.05. The van der Waals surface area contributed by atoms with Gasteiger partial charge in [0.1, 0.15) is 0 Å². The van der Waals surface area contributed by atoms with Crippen molar-refractivity contribution in [3.63, 3.8) is 0 Å². The van der Waals surface area contributed by atoms with Gasteiger partial charge in [0.05, 0.1) is 22.3 Å². The van der Waals surface area contributed by atoms with Crippen LogP contribution in [-0.2, 0) is 6.54 Å². The smallest absolute Gasteiger partial charge is 0.261 e. The van der Waals surface area contributed by atoms with Crippen LogP contribution in [0.3, 0.4) is 0 Å². The fourth-order valence-corrected chi connectivity index (χ4v) is 2.05. The summed E-state index contributed by atoms with van der Waals surface area (Å²) in [5, 5.41) is 1.09. The number of hydrogen-bond acceptors (Lipinski definition) is 2. The lowest BCUT2D eigenvalue weighted by atomic mass is 10.2. The number of fused-ring (bicyclic) bond motifs is 1. The molecule has 0 saturated carbocycles. The third-order valence-corrected chi connectivity index (χ3v) is 3.53. The average molecular weight is 302 g/mol. The first-order valence-electron chi connectivity index (χ1n) is 4.97. The van der Waals surface area contributed by atoms with Crippen LogP contribution in [0.1, 0.15) is 13.3 Å². The van der Waals surface area contributed by atoms with Gasteiger partial charge >= 0.3 is 0 Å². The fourth-order valence-electron chi connectivity index (χ4n) is 1.55. The van der Waals surface area contributed by atoms with Gasteiger partial charge in [0, 0.05) is 11.0 Å². The molecule has 1 aromatic heterocycles. The Morgan fingerprint density at radius 2 is 2.25 bits per heavy atom. The van der Waals surface area contributed by atoms with Gasteiger partial charge in [0.2, 0.25) is 0 Å². The maximum absolute atomic E-state index is 12.0. The van der Waals surface area contributed by atoms with E-state index in [1.165, 1.54) is 0 Å². The average Bonchev–Trinajstić information content (AvgIpc) is 2.26. The predicted octanol–water partition coefficient (Wildman–Crippen LogP) is 3.22. The van der Waals surface area contributed by atoms with Gasteiger partial charge in [0.25, 0.3) is 5.56 Å². The molecule has 0 atom stereocenters. The number of nitrogens with zero attached hydrogens (tertiary/aromatic N) is 2. The normalized spacial score (nSPS) is 10.9. The summed E-state index contributed by atoms with van der Waals surface area (Å²) in [6.07, 6.45) is 2.48. The van der Waals surface area contributed by atoms with Gasteiger partial charge in [-0.1, -0.05) is 18.5 Å². The molecule has 84 valence electrons. The van der Waals surface area contributed by atoms with Gasteiger partial charge in [-0.05, 0) is 34.5 Å². The molecule has 0 saturated heterocycles. The highest BCUT2D eigenvalue weighted by atomic mass is 79.9. The van der Waals surface area contributed by atoms with Crippen molar-refractivity contribution < 1.29 is 0 Å². The molecule has 0 unspecified atom stereocenters. The van der Waals surface area contributed by atoms with Crippen molar-refractivity contribution in [2.45, 2.75) is 19.9 Å². The summed E-state index contributed by atoms with van der Waals surface area (Å²) in [5.41, 5.74) is 0.620. The van der Waals surface area contributed by atoms with Crippen LogP contribution >= 0.6 is 27.5 Å². The predicted molar refractivity (Wildman–Crippen MR) is 69.0 cm³/mol. The lowest BCUT2D eigenvalue weighted by molar-refractivity contribution is 0.648. The maximum atomic E-state index is 12.0. The lowest BCUT2D eigenvalue weighted by Crippen LogP contribution is -2.20. The minimum Gasteiger partial charge on any atom is -0.299 e. The van der Waals surface area contributed by atoms with E-state index in [1.807, 2.05) is 6.92 Å². The van der Waals surface area contributed by atoms with Gasteiger partial charge in [-0.3, -0.25) is 9.36 Å². The molecule has 0 bridgehead atoms. The Bertz CT molecular complexity index is 594. The van der Waals surface area contributed by atoms with Gasteiger partial charge in [-0.15, -0.1) is 0 Å². The zero-order valence-electron chi connectivity index (χ0n) is 8.70. The first kappa shape index (κ1) is 11.6. The van der Waals surface area contributed by atoms with Crippen LogP contribution < -0.4 is 5.56 Å². The van der Waals surface area contributed by atoms with E-state index in [-0.39, 0.29) is 5.56 Å². The molecule has 0 amide bonds. The van der Waals surface area contributed by atoms with Crippen molar-refractivity contribution in [1.29, 1.82) is 0 Å². The van der Waals surface area contributed by atoms with Crippen molar-refractivity contribution in [3.8, 4) is 0 Å². The largest absolute Gasteiger partial charge is 0.299 e. The summed E-state index contributed by atoms with van der Waals surface area (Å²) in [6, 6.07) is 3.41. The van der Waals surface area contributed by atoms with Crippen LogP contribution in [0, 0.1) is 0 Å². The van der Waals surface area contributed by atoms with Crippen LogP contribution in [0.15, 0.2) is 27.7 Å². The van der Waals surface area contributed by atoms with Gasteiger partial charge in [-0.2, -0.15) is 0 Å². The maximum Gasteiger partial charge on any atom is 0.261 e. The monoisotopic (exact) mass is 300 g/mol. The Morgan fingerprint density at radius 1 is 1.50 bits per heavy atom. The quantitative estimate of drug-likeness (QED) is 0.853. The van der Waals surface area contributed by atoms with Crippen LogP contribution in [0.2, 0.25) is 5.02 Å². The second-order valence-electron chi connectivity index (χ2n) is 3.53. The summed E-state index contributed by atoms with van der Waals surface area (Å²) < 4.78 is 2.36. The molecule has 0 N–H and O–H groups in total. The number of rotatable bonds is 2. The second kappa shape index (κ2) is 4.55. The summed E-state index contributed by atoms with van der Waals surface area (Å²) in [6.45, 7) is 2.70. The van der Waals surface area contributed by atoms with E-state index >= 15 is 0 Å². The Labute approximate surface area is 106 Å². The highest BCUT2D eigenvalue weighted by molar-refractivity contribution is 9.10. The second-order valence-corrected chi connectivity index (χ2v) is 4.79. The molecule has 0 aliphatic heterocycles. The molecule has 3 nitrogen and oxygen atoms in total. The summed E-state index contributed by atoms with van der Waals surface area (Å²) in [4.78, 5) is 16.3. The van der Waals surface area contributed by atoms with E-state index in [9.17, 15) is 4.79 Å². The molecule has 1 heterocycles. The van der Waals surface area contributed by atoms with E-state index < -0.39 is 0 Å². The van der Waals surface area contributed by atoms with Crippen molar-refractivity contribution in [3.05, 3.63) is 38.3 Å². The number of aryl methyl sites for hydroxylation is 1. The summed E-state index contributed by atoms with van der Waals surface area (Å²) in [7, 11) is 0. The summed E-state index contributed by atoms with van der Waals surface area (Å²) in [5.74, 6) is 0. The van der Waals surface area contributed by atoms with E-state index in [0.29, 0.717) is 22.5 Å². The van der Waals surface area contributed by atoms with Crippen molar-refractivity contribution in [2.75, 3.05) is 0 Å². The van der Waals surface area contributed by atoms with E-state index in [4.69, 9.17) is 11.6 Å². The molecular formula is C11H10BrClN2O. The third kappa shape index (κ3) is 1.99. The number of hydrogen-bond donors (Lipinski definition) is 0. The molecule has 0 radical (unpaired) electrons. The first-order chi connectivity index (χ1) is 7.63. The summed E-state index contributed by atoms with van der Waals surface area (Å²) >= 11 is 9.28. The Morgan fingerprint density at radius 3 is 2.94 bits per heavy atom. The molecule has 5 heteroatoms. The van der Waals surface area contributed by atoms with E-state index in [2.05, 4.69) is 20.9 Å². The highest BCUT2D eigenvalue weighted by Gasteiger charge is 2.06. The Kier molecular flexibility index (Phi) is 3.30. The molecule has 2 aromatic rings. The van der Waals surface area contributed by atoms with Crippen molar-refractivity contribution in [2.24, 2.45) is 0 Å². The molecule has 0 aliphatic carbocycles. The van der Waals surface area contributed by atoms with Crippen LogP contribution in [0.25, 0.3) is 10.9 Å². The topological polar surface area (TPSA) is 34.9 Å². The van der Waals surface area contributed by atoms with Crippen LogP contribution in [0.4, 0.5) is 0 Å². The van der Waals surface area contributed by atoms with E-state index in [1.54, 1.807) is 23.0 Å². The van der Waals surface area contributed by atoms with Gasteiger partial charge < -0.3 is 0 Å². The van der Waals surface area contributed by atoms with E-state index in [0.717, 1.165) is 10.9 Å². The van der Waals surface area contributed by atoms with Crippen molar-refractivity contribution >= 4 is 38.4 Å². The number of benzene rings is 1. The SMILES string of the molecule is CCCn1cnc2cc(Br)c(Cl)cc2c1=O. The third-order valence-electron chi connectivity index (χ3n) is 2.33. The zero-order valence-corrected chi connectivity index (χ0v) is 11.0. The number of aromatic nitrogens is 2. The molecule has 0 spiro atoms. The molecule has 2 rings (SSSR count). The van der Waals surface area contributed by atoms with Crippen LogP contribution in [0.5, 0.6) is 0 Å². The minimum absolute atomic E-state index is 0.0405. The molecule has 1 aromatic carbocycles. The molecular weight excluding hydrogens is 291 g/mol. The van der Waals surface area contributed by atoms with Crippen molar-refractivity contribution in [1.82, 2.24) is 9.55 Å². The Balaban J connectivity index is 2.74. The zero-order chi connectivity index (χ0) is 11.7. The standard InChI is InChI=1S/C11H10BrClN2O/c1-2-3-15-6-14-10-5-8(12)9(13)4-7(10)11(15)16/h4-6H,2-3H2,1H3. The molecule has 0 fully saturated rings. The highest BCUT2D eigenvalue weighted by Crippen LogP contribution is 2.25. The van der Waals surface area contributed by atoms with Crippen LogP contribution in [-0.4, -0.2) is 9.55 Å². The molecule has 0 aliphatic rings. The van der Waals surface area contributed by atoms with Gasteiger partial charge in [-0.25, -0.2) is 4.98 Å². The fraction of sp³-hybridized carbons (Fsp3) is 0.273. The minimum atomic E-state index is -0.0405. The number of halogens is 2. The Hall–Kier alpha value is -0.870. The van der Waals surface area contributed by atoms with Gasteiger partial charge in [0.15, 0.2) is 0 Å².